The molecule has 1 fully saturated rings. The predicted octanol–water partition coefficient (Wildman–Crippen LogP) is 3.22. The average Bonchev–Trinajstić information content (AvgIpc) is 2.37. The summed E-state index contributed by atoms with van der Waals surface area (Å²) in [5.74, 6) is 1.67. The number of aromatic nitrogens is 2. The highest BCUT2D eigenvalue weighted by atomic mass is 35.5. The van der Waals surface area contributed by atoms with E-state index in [2.05, 4.69) is 23.8 Å². The smallest absolute Gasteiger partial charge is 0.332 e. The lowest BCUT2D eigenvalue weighted by atomic mass is 9.87. The summed E-state index contributed by atoms with van der Waals surface area (Å²) in [5.41, 5.74) is 0.286. The van der Waals surface area contributed by atoms with Gasteiger partial charge in [-0.2, -0.15) is 4.98 Å². The fraction of sp³-hybridized carbons (Fsp3) is 0.692. The molecule has 2 heterocycles. The molecule has 0 bridgehead atoms. The second kappa shape index (κ2) is 5.91. The monoisotopic (exact) mass is 298 g/mol. The Hall–Kier alpha value is -1.43. The van der Waals surface area contributed by atoms with Crippen molar-refractivity contribution >= 4 is 23.1 Å². The lowest BCUT2D eigenvalue weighted by Gasteiger charge is -2.34. The molecule has 0 unspecified atom stereocenters. The molecule has 0 atom stereocenters. The number of hydrogen-bond acceptors (Lipinski definition) is 5. The van der Waals surface area contributed by atoms with Crippen LogP contribution in [-0.4, -0.2) is 28.0 Å². The molecule has 20 heavy (non-hydrogen) atoms. The molecule has 6 nitrogen and oxygen atoms in total. The molecule has 1 saturated heterocycles. The van der Waals surface area contributed by atoms with E-state index < -0.39 is 4.92 Å². The number of anilines is 1. The Kier molecular flexibility index (Phi) is 4.42. The topological polar surface area (TPSA) is 72.2 Å². The van der Waals surface area contributed by atoms with Gasteiger partial charge in [0.1, 0.15) is 5.69 Å². The molecule has 0 radical (unpaired) electrons. The van der Waals surface area contributed by atoms with Crippen molar-refractivity contribution in [1.82, 2.24) is 9.97 Å². The fourth-order valence-corrected chi connectivity index (χ4v) is 2.94. The van der Waals surface area contributed by atoms with Gasteiger partial charge in [-0.1, -0.05) is 13.8 Å². The number of hydrogen-bond donors (Lipinski definition) is 0. The SMILES string of the molecule is Cc1nc(Cl)nc(N2CCC(C(C)C)CC2)c1[N+](=O)[O-]. The molecule has 1 aromatic heterocycles. The van der Waals surface area contributed by atoms with Crippen molar-refractivity contribution in [3.05, 3.63) is 21.1 Å². The third-order valence-corrected chi connectivity index (χ3v) is 4.15. The van der Waals surface area contributed by atoms with Crippen molar-refractivity contribution < 1.29 is 4.92 Å². The van der Waals surface area contributed by atoms with Crippen molar-refractivity contribution in [3.63, 3.8) is 0 Å². The molecule has 0 aromatic carbocycles. The first-order valence-electron chi connectivity index (χ1n) is 6.83. The standard InChI is InChI=1S/C13H19ClN4O2/c1-8(2)10-4-6-17(7-5-10)12-11(18(19)20)9(3)15-13(14)16-12/h8,10H,4-7H2,1-3H3. The highest BCUT2D eigenvalue weighted by molar-refractivity contribution is 6.28. The minimum atomic E-state index is -0.421. The van der Waals surface area contributed by atoms with Crippen LogP contribution in [0.1, 0.15) is 32.4 Å². The molecule has 7 heteroatoms. The molecule has 1 aromatic rings. The van der Waals surface area contributed by atoms with Crippen LogP contribution in [0.3, 0.4) is 0 Å². The summed E-state index contributed by atoms with van der Waals surface area (Å²) >= 11 is 5.85. The van der Waals surface area contributed by atoms with Crippen molar-refractivity contribution in [1.29, 1.82) is 0 Å². The number of halogens is 1. The molecule has 0 saturated carbocycles. The molecule has 0 spiro atoms. The molecule has 1 aliphatic heterocycles. The predicted molar refractivity (Wildman–Crippen MR) is 78.2 cm³/mol. The molecule has 2 rings (SSSR count). The van der Waals surface area contributed by atoms with Crippen LogP contribution in [0.25, 0.3) is 0 Å². The van der Waals surface area contributed by atoms with Gasteiger partial charge in [0.2, 0.25) is 11.1 Å². The van der Waals surface area contributed by atoms with Gasteiger partial charge in [-0.15, -0.1) is 0 Å². The van der Waals surface area contributed by atoms with E-state index in [-0.39, 0.29) is 11.0 Å². The summed E-state index contributed by atoms with van der Waals surface area (Å²) in [6.45, 7) is 7.58. The summed E-state index contributed by atoms with van der Waals surface area (Å²) in [6.07, 6.45) is 2.05. The van der Waals surface area contributed by atoms with Gasteiger partial charge in [0.15, 0.2) is 0 Å². The average molecular weight is 299 g/mol. The largest absolute Gasteiger partial charge is 0.351 e. The maximum absolute atomic E-state index is 11.2. The zero-order valence-corrected chi connectivity index (χ0v) is 12.7. The summed E-state index contributed by atoms with van der Waals surface area (Å²) in [6, 6.07) is 0. The number of rotatable bonds is 3. The lowest BCUT2D eigenvalue weighted by molar-refractivity contribution is -0.385. The minimum Gasteiger partial charge on any atom is -0.351 e. The van der Waals surface area contributed by atoms with Crippen LogP contribution in [0.2, 0.25) is 5.28 Å². The van der Waals surface area contributed by atoms with Gasteiger partial charge in [-0.05, 0) is 43.2 Å². The zero-order valence-electron chi connectivity index (χ0n) is 12.0. The Balaban J connectivity index is 2.27. The van der Waals surface area contributed by atoms with E-state index in [0.717, 1.165) is 25.9 Å². The quantitative estimate of drug-likeness (QED) is 0.487. The van der Waals surface area contributed by atoms with Crippen molar-refractivity contribution in [2.24, 2.45) is 11.8 Å². The van der Waals surface area contributed by atoms with Crippen LogP contribution >= 0.6 is 11.6 Å². The highest BCUT2D eigenvalue weighted by Crippen LogP contribution is 2.33. The number of nitrogens with zero attached hydrogens (tertiary/aromatic N) is 4. The Bertz CT molecular complexity index is 513. The summed E-state index contributed by atoms with van der Waals surface area (Å²) < 4.78 is 0. The van der Waals surface area contributed by atoms with Gasteiger partial charge < -0.3 is 4.90 Å². The van der Waals surface area contributed by atoms with Crippen LogP contribution in [0, 0.1) is 28.9 Å². The Morgan fingerprint density at radius 2 is 1.95 bits per heavy atom. The highest BCUT2D eigenvalue weighted by Gasteiger charge is 2.29. The van der Waals surface area contributed by atoms with Crippen LogP contribution in [0.5, 0.6) is 0 Å². The van der Waals surface area contributed by atoms with Gasteiger partial charge in [-0.25, -0.2) is 4.98 Å². The van der Waals surface area contributed by atoms with Crippen molar-refractivity contribution in [2.75, 3.05) is 18.0 Å². The van der Waals surface area contributed by atoms with E-state index in [1.165, 1.54) is 0 Å². The van der Waals surface area contributed by atoms with E-state index in [4.69, 9.17) is 11.6 Å². The number of nitro groups is 1. The van der Waals surface area contributed by atoms with E-state index >= 15 is 0 Å². The second-order valence-electron chi connectivity index (χ2n) is 5.58. The third kappa shape index (κ3) is 3.00. The van der Waals surface area contributed by atoms with Gasteiger partial charge in [0.25, 0.3) is 0 Å². The summed E-state index contributed by atoms with van der Waals surface area (Å²) in [4.78, 5) is 20.7. The first-order valence-corrected chi connectivity index (χ1v) is 7.21. The molecule has 0 aliphatic carbocycles. The fourth-order valence-electron chi connectivity index (χ4n) is 2.73. The molecular weight excluding hydrogens is 280 g/mol. The molecule has 0 amide bonds. The number of piperidine rings is 1. The Morgan fingerprint density at radius 3 is 2.45 bits per heavy atom. The minimum absolute atomic E-state index is 0.0302. The second-order valence-corrected chi connectivity index (χ2v) is 5.91. The van der Waals surface area contributed by atoms with Crippen LogP contribution in [-0.2, 0) is 0 Å². The van der Waals surface area contributed by atoms with E-state index in [0.29, 0.717) is 23.3 Å². The van der Waals surface area contributed by atoms with E-state index in [1.54, 1.807) is 6.92 Å². The first kappa shape index (κ1) is 15.0. The number of aryl methyl sites for hydroxylation is 1. The van der Waals surface area contributed by atoms with E-state index in [1.807, 2.05) is 4.90 Å². The van der Waals surface area contributed by atoms with Crippen molar-refractivity contribution in [2.45, 2.75) is 33.6 Å². The van der Waals surface area contributed by atoms with E-state index in [9.17, 15) is 10.1 Å². The lowest BCUT2D eigenvalue weighted by Crippen LogP contribution is -2.36. The van der Waals surface area contributed by atoms with Crippen LogP contribution in [0.15, 0.2) is 0 Å². The van der Waals surface area contributed by atoms with Crippen molar-refractivity contribution in [3.8, 4) is 0 Å². The van der Waals surface area contributed by atoms with Crippen LogP contribution < -0.4 is 4.90 Å². The normalized spacial score (nSPS) is 16.8. The molecule has 110 valence electrons. The maximum Gasteiger partial charge on any atom is 0.332 e. The zero-order chi connectivity index (χ0) is 14.9. The third-order valence-electron chi connectivity index (χ3n) is 3.98. The maximum atomic E-state index is 11.2. The summed E-state index contributed by atoms with van der Waals surface area (Å²) in [5, 5.41) is 11.3. The Morgan fingerprint density at radius 1 is 1.35 bits per heavy atom. The van der Waals surface area contributed by atoms with Crippen LogP contribution in [0.4, 0.5) is 11.5 Å². The van der Waals surface area contributed by atoms with Gasteiger partial charge >= 0.3 is 5.69 Å². The van der Waals surface area contributed by atoms with Gasteiger partial charge in [0.05, 0.1) is 4.92 Å². The molecular formula is C13H19ClN4O2. The van der Waals surface area contributed by atoms with Gasteiger partial charge in [-0.3, -0.25) is 10.1 Å². The summed E-state index contributed by atoms with van der Waals surface area (Å²) in [7, 11) is 0. The molecule has 1 aliphatic rings. The molecule has 0 N–H and O–H groups in total. The first-order chi connectivity index (χ1) is 9.40. The Labute approximate surface area is 123 Å². The van der Waals surface area contributed by atoms with Gasteiger partial charge in [0, 0.05) is 13.1 Å².